The third-order valence-electron chi connectivity index (χ3n) is 2.97. The van der Waals surface area contributed by atoms with Gasteiger partial charge in [0.1, 0.15) is 17.8 Å². The summed E-state index contributed by atoms with van der Waals surface area (Å²) in [5, 5.41) is 49.3. The number of fused-ring (bicyclic) bond motifs is 1. The van der Waals surface area contributed by atoms with Crippen LogP contribution in [0.25, 0.3) is 0 Å². The van der Waals surface area contributed by atoms with Crippen molar-refractivity contribution in [2.45, 2.75) is 36.0 Å². The van der Waals surface area contributed by atoms with E-state index in [0.717, 1.165) is 0 Å². The Kier molecular flexibility index (Phi) is 1.88. The summed E-state index contributed by atoms with van der Waals surface area (Å²) in [4.78, 5) is 0. The molecule has 6 atom stereocenters. The van der Waals surface area contributed by atoms with Crippen LogP contribution in [0, 0.1) is 0 Å². The van der Waals surface area contributed by atoms with E-state index in [1.165, 1.54) is 0 Å². The van der Waals surface area contributed by atoms with Crippen molar-refractivity contribution < 1.29 is 25.5 Å². The quantitative estimate of drug-likeness (QED) is 0.236. The molecule has 2 rings (SSSR count). The van der Waals surface area contributed by atoms with Gasteiger partial charge in [0.25, 0.3) is 0 Å². The van der Waals surface area contributed by atoms with Gasteiger partial charge in [0.05, 0.1) is 24.8 Å². The Morgan fingerprint density at radius 1 is 1.15 bits per heavy atom. The molecule has 6 heteroatoms. The van der Waals surface area contributed by atoms with Crippen LogP contribution >= 0.6 is 0 Å². The largest absolute Gasteiger partial charge is 0.393 e. The lowest BCUT2D eigenvalue weighted by Gasteiger charge is -2.39. The van der Waals surface area contributed by atoms with Gasteiger partial charge in [-0.25, -0.2) is 0 Å². The maximum Gasteiger partial charge on any atom is 0.133 e. The summed E-state index contributed by atoms with van der Waals surface area (Å²) in [6, 6.07) is -0.971. The minimum absolute atomic E-state index is 0.435. The van der Waals surface area contributed by atoms with E-state index < -0.39 is 42.6 Å². The summed E-state index contributed by atoms with van der Waals surface area (Å²) in [7, 11) is 0. The summed E-state index contributed by atoms with van der Waals surface area (Å²) < 4.78 is 0. The van der Waals surface area contributed by atoms with Gasteiger partial charge in [-0.2, -0.15) is 0 Å². The van der Waals surface area contributed by atoms with Crippen molar-refractivity contribution in [1.29, 1.82) is 0 Å². The molecule has 0 radical (unpaired) electrons. The van der Waals surface area contributed by atoms with E-state index in [1.54, 1.807) is 0 Å². The van der Waals surface area contributed by atoms with E-state index >= 15 is 0 Å². The molecule has 6 nitrogen and oxygen atoms in total. The van der Waals surface area contributed by atoms with Crippen molar-refractivity contribution in [1.82, 2.24) is 5.32 Å². The summed E-state index contributed by atoms with van der Waals surface area (Å²) in [5.41, 5.74) is -1.75. The van der Waals surface area contributed by atoms with E-state index in [-0.39, 0.29) is 0 Å². The zero-order valence-corrected chi connectivity index (χ0v) is 6.83. The first-order valence-corrected chi connectivity index (χ1v) is 4.16. The van der Waals surface area contributed by atoms with Gasteiger partial charge in [-0.1, -0.05) is 0 Å². The molecule has 2 aliphatic rings. The van der Waals surface area contributed by atoms with Crippen LogP contribution < -0.4 is 5.32 Å². The molecular formula is C7H13NO5. The van der Waals surface area contributed by atoms with Crippen LogP contribution in [0.1, 0.15) is 0 Å². The number of nitrogens with one attached hydrogen (secondary N) is 1. The van der Waals surface area contributed by atoms with E-state index in [2.05, 4.69) is 5.32 Å². The Hall–Kier alpha value is -0.240. The Morgan fingerprint density at radius 3 is 2.31 bits per heavy atom. The van der Waals surface area contributed by atoms with E-state index in [1.807, 2.05) is 0 Å². The Balaban J connectivity index is 2.23. The van der Waals surface area contributed by atoms with Gasteiger partial charge >= 0.3 is 0 Å². The van der Waals surface area contributed by atoms with Gasteiger partial charge in [0.2, 0.25) is 0 Å². The fraction of sp³-hybridized carbons (Fsp3) is 1.00. The molecule has 1 aliphatic heterocycles. The molecule has 1 saturated carbocycles. The number of rotatable bonds is 1. The molecule has 1 saturated heterocycles. The highest BCUT2D eigenvalue weighted by molar-refractivity contribution is 5.22. The maximum atomic E-state index is 9.71. The molecule has 0 spiro atoms. The van der Waals surface area contributed by atoms with Crippen molar-refractivity contribution in [3.8, 4) is 0 Å². The summed E-state index contributed by atoms with van der Waals surface area (Å²) in [6.45, 7) is -0.647. The van der Waals surface area contributed by atoms with E-state index in [0.29, 0.717) is 0 Å². The number of aliphatic hydroxyl groups excluding tert-OH is 4. The van der Waals surface area contributed by atoms with Gasteiger partial charge in [-0.3, -0.25) is 0 Å². The monoisotopic (exact) mass is 191 g/mol. The minimum Gasteiger partial charge on any atom is -0.393 e. The molecule has 1 heterocycles. The number of aliphatic hydroxyl groups is 5. The lowest BCUT2D eigenvalue weighted by Crippen LogP contribution is -2.63. The number of hydrogen-bond acceptors (Lipinski definition) is 6. The van der Waals surface area contributed by atoms with Crippen LogP contribution in [0.3, 0.4) is 0 Å². The summed E-state index contributed by atoms with van der Waals surface area (Å²) in [6.07, 6.45) is -4.04. The highest BCUT2D eigenvalue weighted by Gasteiger charge is 2.65. The average molecular weight is 191 g/mol. The van der Waals surface area contributed by atoms with Gasteiger partial charge in [-0.05, 0) is 0 Å². The molecule has 0 aromatic heterocycles. The molecular weight excluding hydrogens is 178 g/mol. The van der Waals surface area contributed by atoms with Crippen LogP contribution in [-0.2, 0) is 0 Å². The van der Waals surface area contributed by atoms with E-state index in [4.69, 9.17) is 5.11 Å². The molecule has 0 aromatic carbocycles. The molecule has 2 fully saturated rings. The number of hydrogen-bond donors (Lipinski definition) is 6. The first-order chi connectivity index (χ1) is 6.02. The second-order valence-corrected chi connectivity index (χ2v) is 3.75. The van der Waals surface area contributed by atoms with Crippen LogP contribution in [0.2, 0.25) is 0 Å². The first-order valence-electron chi connectivity index (χ1n) is 4.16. The Bertz CT molecular complexity index is 225. The zero-order valence-electron chi connectivity index (χ0n) is 6.83. The second-order valence-electron chi connectivity index (χ2n) is 3.75. The van der Waals surface area contributed by atoms with Crippen LogP contribution in [-0.4, -0.2) is 68.1 Å². The standard InChI is InChI=1S/C7H13NO5/c9-1-7(13)5-2(8-5)3(10)4(11)6(7)12/h2-6,8-13H,1H2/t2-,3+,4-,5-,6+,7-/m1/s1. The highest BCUT2D eigenvalue weighted by Crippen LogP contribution is 2.37. The molecule has 0 aromatic rings. The molecule has 76 valence electrons. The van der Waals surface area contributed by atoms with Crippen molar-refractivity contribution >= 4 is 0 Å². The minimum atomic E-state index is -1.75. The fourth-order valence-corrected chi connectivity index (χ4v) is 1.97. The third kappa shape index (κ3) is 1.04. The summed E-state index contributed by atoms with van der Waals surface area (Å²) >= 11 is 0. The lowest BCUT2D eigenvalue weighted by atomic mass is 9.79. The van der Waals surface area contributed by atoms with Crippen LogP contribution in [0.4, 0.5) is 0 Å². The van der Waals surface area contributed by atoms with Crippen LogP contribution in [0.5, 0.6) is 0 Å². The molecule has 13 heavy (non-hydrogen) atoms. The third-order valence-corrected chi connectivity index (χ3v) is 2.97. The predicted octanol–water partition coefficient (Wildman–Crippen LogP) is -3.85. The molecule has 0 amide bonds. The van der Waals surface area contributed by atoms with Gasteiger partial charge in [-0.15, -0.1) is 0 Å². The van der Waals surface area contributed by atoms with Crippen LogP contribution in [0.15, 0.2) is 0 Å². The van der Waals surface area contributed by atoms with Gasteiger partial charge in [0.15, 0.2) is 0 Å². The van der Waals surface area contributed by atoms with E-state index in [9.17, 15) is 20.4 Å². The maximum absolute atomic E-state index is 9.71. The fourth-order valence-electron chi connectivity index (χ4n) is 1.97. The topological polar surface area (TPSA) is 123 Å². The van der Waals surface area contributed by atoms with Crippen molar-refractivity contribution in [3.63, 3.8) is 0 Å². The van der Waals surface area contributed by atoms with Gasteiger partial charge < -0.3 is 30.8 Å². The summed E-state index contributed by atoms with van der Waals surface area (Å²) in [5.74, 6) is 0. The smallest absolute Gasteiger partial charge is 0.133 e. The SMILES string of the molecule is OC[C@@]1(O)[C@@H]2N[C@@H]2[C@H](O)[C@@H](O)[C@@H]1O. The van der Waals surface area contributed by atoms with Gasteiger partial charge in [0, 0.05) is 0 Å². The zero-order chi connectivity index (χ0) is 9.80. The Labute approximate surface area is 74.4 Å². The Morgan fingerprint density at radius 2 is 1.77 bits per heavy atom. The predicted molar refractivity (Wildman–Crippen MR) is 40.8 cm³/mol. The highest BCUT2D eigenvalue weighted by atomic mass is 16.4. The normalized spacial score (nSPS) is 60.2. The molecule has 0 bridgehead atoms. The molecule has 0 unspecified atom stereocenters. The molecule has 6 N–H and O–H groups in total. The molecule has 1 aliphatic carbocycles. The average Bonchev–Trinajstić information content (AvgIpc) is 2.91. The first kappa shape index (κ1) is 9.32. The van der Waals surface area contributed by atoms with Crippen molar-refractivity contribution in [2.75, 3.05) is 6.61 Å². The van der Waals surface area contributed by atoms with Crippen molar-refractivity contribution in [2.24, 2.45) is 0 Å². The second kappa shape index (κ2) is 2.63. The lowest BCUT2D eigenvalue weighted by molar-refractivity contribution is -0.184. The van der Waals surface area contributed by atoms with Crippen molar-refractivity contribution in [3.05, 3.63) is 0 Å².